The van der Waals surface area contributed by atoms with Crippen LogP contribution in [0.3, 0.4) is 0 Å². The van der Waals surface area contributed by atoms with Crippen molar-refractivity contribution in [1.82, 2.24) is 9.97 Å². The molecule has 5 heteroatoms. The average Bonchev–Trinajstić information content (AvgIpc) is 2.36. The number of nitrogens with two attached hydrogens (primary N) is 1. The molecule has 0 saturated carbocycles. The zero-order chi connectivity index (χ0) is 12.7. The molecule has 0 radical (unpaired) electrons. The van der Waals surface area contributed by atoms with Crippen molar-refractivity contribution < 1.29 is 4.74 Å². The van der Waals surface area contributed by atoms with Crippen LogP contribution in [0.1, 0.15) is 26.1 Å². The zero-order valence-electron chi connectivity index (χ0n) is 10.5. The zero-order valence-corrected chi connectivity index (χ0v) is 10.5. The van der Waals surface area contributed by atoms with Crippen molar-refractivity contribution in [2.45, 2.75) is 26.7 Å². The molecule has 0 saturated heterocycles. The van der Waals surface area contributed by atoms with Gasteiger partial charge in [-0.25, -0.2) is 4.98 Å². The molecule has 0 unspecified atom stereocenters. The highest BCUT2D eigenvalue weighted by atomic mass is 16.5. The lowest BCUT2D eigenvalue weighted by Crippen LogP contribution is -2.11. The monoisotopic (exact) mass is 236 g/mol. The van der Waals surface area contributed by atoms with Crippen molar-refractivity contribution in [3.8, 4) is 5.88 Å². The summed E-state index contributed by atoms with van der Waals surface area (Å²) in [5.41, 5.74) is 6.40. The summed E-state index contributed by atoms with van der Waals surface area (Å²) in [4.78, 5) is 8.59. The first-order chi connectivity index (χ1) is 8.22. The first-order valence-corrected chi connectivity index (χ1v) is 5.86. The normalized spacial score (nSPS) is 10.0. The Kier molecular flexibility index (Phi) is 5.26. The SMILES string of the molecule is C=CCNc1nc(CC)nc(OCCC)c1N. The van der Waals surface area contributed by atoms with Crippen LogP contribution in [-0.2, 0) is 6.42 Å². The first kappa shape index (κ1) is 13.3. The summed E-state index contributed by atoms with van der Waals surface area (Å²) in [5, 5.41) is 3.08. The van der Waals surface area contributed by atoms with Gasteiger partial charge >= 0.3 is 0 Å². The fraction of sp³-hybridized carbons (Fsp3) is 0.500. The van der Waals surface area contributed by atoms with Gasteiger partial charge in [-0.2, -0.15) is 4.98 Å². The lowest BCUT2D eigenvalue weighted by atomic mass is 10.4. The lowest BCUT2D eigenvalue weighted by Gasteiger charge is -2.12. The van der Waals surface area contributed by atoms with E-state index in [-0.39, 0.29) is 0 Å². The van der Waals surface area contributed by atoms with Gasteiger partial charge < -0.3 is 15.8 Å². The third-order valence-corrected chi connectivity index (χ3v) is 2.13. The van der Waals surface area contributed by atoms with Crippen molar-refractivity contribution >= 4 is 11.5 Å². The number of nitrogens with zero attached hydrogens (tertiary/aromatic N) is 2. The highest BCUT2D eigenvalue weighted by molar-refractivity contribution is 5.67. The van der Waals surface area contributed by atoms with Gasteiger partial charge in [0.05, 0.1) is 6.61 Å². The van der Waals surface area contributed by atoms with Crippen LogP contribution in [0.2, 0.25) is 0 Å². The van der Waals surface area contributed by atoms with Gasteiger partial charge in [0.2, 0.25) is 5.88 Å². The van der Waals surface area contributed by atoms with E-state index in [1.54, 1.807) is 6.08 Å². The Bertz CT molecular complexity index is 379. The number of aryl methyl sites for hydroxylation is 1. The van der Waals surface area contributed by atoms with E-state index in [4.69, 9.17) is 10.5 Å². The van der Waals surface area contributed by atoms with Crippen LogP contribution in [0.25, 0.3) is 0 Å². The summed E-state index contributed by atoms with van der Waals surface area (Å²) >= 11 is 0. The maximum atomic E-state index is 5.94. The second-order valence-corrected chi connectivity index (χ2v) is 3.58. The summed E-state index contributed by atoms with van der Waals surface area (Å²) in [6.07, 6.45) is 3.41. The number of nitrogens with one attached hydrogen (secondary N) is 1. The maximum absolute atomic E-state index is 5.94. The van der Waals surface area contributed by atoms with Gasteiger partial charge in [-0.15, -0.1) is 6.58 Å². The van der Waals surface area contributed by atoms with E-state index in [1.165, 1.54) is 0 Å². The van der Waals surface area contributed by atoms with Crippen molar-refractivity contribution in [3.63, 3.8) is 0 Å². The molecule has 1 aromatic rings. The molecule has 0 aromatic carbocycles. The van der Waals surface area contributed by atoms with E-state index >= 15 is 0 Å². The van der Waals surface area contributed by atoms with Gasteiger partial charge in [0, 0.05) is 13.0 Å². The summed E-state index contributed by atoms with van der Waals surface area (Å²) < 4.78 is 5.51. The number of hydrogen-bond donors (Lipinski definition) is 2. The molecule has 1 rings (SSSR count). The summed E-state index contributed by atoms with van der Waals surface area (Å²) in [5.74, 6) is 1.80. The summed E-state index contributed by atoms with van der Waals surface area (Å²) in [7, 11) is 0. The van der Waals surface area contributed by atoms with E-state index in [0.29, 0.717) is 30.5 Å². The number of ether oxygens (including phenoxy) is 1. The predicted octanol–water partition coefficient (Wildman–Crippen LogP) is 2.01. The van der Waals surface area contributed by atoms with Gasteiger partial charge in [0.1, 0.15) is 11.5 Å². The molecule has 0 atom stereocenters. The third-order valence-electron chi connectivity index (χ3n) is 2.13. The van der Waals surface area contributed by atoms with Crippen molar-refractivity contribution in [1.29, 1.82) is 0 Å². The van der Waals surface area contributed by atoms with E-state index < -0.39 is 0 Å². The fourth-order valence-electron chi connectivity index (χ4n) is 1.26. The molecule has 17 heavy (non-hydrogen) atoms. The second-order valence-electron chi connectivity index (χ2n) is 3.58. The number of nitrogen functional groups attached to an aromatic ring is 1. The predicted molar refractivity (Wildman–Crippen MR) is 70.3 cm³/mol. The molecule has 5 nitrogen and oxygen atoms in total. The molecule has 0 aliphatic rings. The Morgan fingerprint density at radius 1 is 1.41 bits per heavy atom. The van der Waals surface area contributed by atoms with Gasteiger partial charge in [-0.3, -0.25) is 0 Å². The molecular weight excluding hydrogens is 216 g/mol. The smallest absolute Gasteiger partial charge is 0.242 e. The topological polar surface area (TPSA) is 73.1 Å². The number of anilines is 2. The Morgan fingerprint density at radius 2 is 2.18 bits per heavy atom. The molecule has 0 aliphatic carbocycles. The van der Waals surface area contributed by atoms with Crippen LogP contribution >= 0.6 is 0 Å². The highest BCUT2D eigenvalue weighted by Crippen LogP contribution is 2.26. The number of hydrogen-bond acceptors (Lipinski definition) is 5. The molecule has 0 aliphatic heterocycles. The minimum absolute atomic E-state index is 0.456. The summed E-state index contributed by atoms with van der Waals surface area (Å²) in [6.45, 7) is 8.88. The van der Waals surface area contributed by atoms with Gasteiger partial charge in [-0.1, -0.05) is 19.9 Å². The molecule has 0 amide bonds. The van der Waals surface area contributed by atoms with E-state index in [0.717, 1.165) is 18.7 Å². The third kappa shape index (κ3) is 3.62. The van der Waals surface area contributed by atoms with E-state index in [9.17, 15) is 0 Å². The van der Waals surface area contributed by atoms with E-state index in [2.05, 4.69) is 21.9 Å². The van der Waals surface area contributed by atoms with Gasteiger partial charge in [0.25, 0.3) is 0 Å². The molecule has 94 valence electrons. The Hall–Kier alpha value is -1.78. The Balaban J connectivity index is 2.97. The number of rotatable bonds is 7. The molecular formula is C12H20N4O. The van der Waals surface area contributed by atoms with Crippen molar-refractivity contribution in [2.75, 3.05) is 24.2 Å². The number of aromatic nitrogens is 2. The molecule has 0 bridgehead atoms. The molecule has 0 fully saturated rings. The highest BCUT2D eigenvalue weighted by Gasteiger charge is 2.11. The second kappa shape index (κ2) is 6.73. The van der Waals surface area contributed by atoms with Crippen LogP contribution in [0.4, 0.5) is 11.5 Å². The Labute approximate surface area is 102 Å². The molecule has 0 spiro atoms. The van der Waals surface area contributed by atoms with Crippen LogP contribution in [0.15, 0.2) is 12.7 Å². The largest absolute Gasteiger partial charge is 0.476 e. The minimum Gasteiger partial charge on any atom is -0.476 e. The fourth-order valence-corrected chi connectivity index (χ4v) is 1.26. The van der Waals surface area contributed by atoms with Crippen LogP contribution in [-0.4, -0.2) is 23.1 Å². The van der Waals surface area contributed by atoms with Crippen LogP contribution in [0, 0.1) is 0 Å². The first-order valence-electron chi connectivity index (χ1n) is 5.86. The maximum Gasteiger partial charge on any atom is 0.242 e. The summed E-state index contributed by atoms with van der Waals surface area (Å²) in [6, 6.07) is 0. The molecule has 1 heterocycles. The van der Waals surface area contributed by atoms with Gasteiger partial charge in [-0.05, 0) is 6.42 Å². The van der Waals surface area contributed by atoms with E-state index in [1.807, 2.05) is 13.8 Å². The standard InChI is InChI=1S/C12H20N4O/c1-4-7-14-11-10(13)12(17-8-5-2)16-9(6-3)15-11/h4H,1,5-8,13H2,2-3H3,(H,14,15,16). The average molecular weight is 236 g/mol. The van der Waals surface area contributed by atoms with Crippen molar-refractivity contribution in [2.24, 2.45) is 0 Å². The Morgan fingerprint density at radius 3 is 2.76 bits per heavy atom. The van der Waals surface area contributed by atoms with Crippen LogP contribution in [0.5, 0.6) is 5.88 Å². The van der Waals surface area contributed by atoms with Crippen LogP contribution < -0.4 is 15.8 Å². The lowest BCUT2D eigenvalue weighted by molar-refractivity contribution is 0.305. The molecule has 3 N–H and O–H groups in total. The molecule has 1 aromatic heterocycles. The van der Waals surface area contributed by atoms with Gasteiger partial charge in [0.15, 0.2) is 5.82 Å². The van der Waals surface area contributed by atoms with Crippen molar-refractivity contribution in [3.05, 3.63) is 18.5 Å². The quantitative estimate of drug-likeness (QED) is 0.708. The minimum atomic E-state index is 0.456.